The lowest BCUT2D eigenvalue weighted by molar-refractivity contribution is -0.129. The number of hydrogen-bond donors (Lipinski definition) is 0. The fourth-order valence-electron chi connectivity index (χ4n) is 10.1. The van der Waals surface area contributed by atoms with Crippen LogP contribution in [0.15, 0.2) is 41.5 Å². The molecule has 0 aromatic heterocycles. The summed E-state index contributed by atoms with van der Waals surface area (Å²) >= 11 is 0. The molecule has 1 aromatic carbocycles. The smallest absolute Gasteiger partial charge is 0.133 e. The second kappa shape index (κ2) is 10.8. The number of allylic oxidation sites excluding steroid dienone is 1. The number of carbonyl (C=O) groups is 1. The zero-order chi connectivity index (χ0) is 27.4. The molecule has 3 heteroatoms. The Hall–Kier alpha value is -1.45. The third-order valence-electron chi connectivity index (χ3n) is 12.8. The first-order valence-electron chi connectivity index (χ1n) is 16.4. The summed E-state index contributed by atoms with van der Waals surface area (Å²) in [6.07, 6.45) is 11.6. The van der Waals surface area contributed by atoms with Crippen molar-refractivity contribution in [1.29, 1.82) is 0 Å². The molecule has 0 radical (unpaired) electrons. The van der Waals surface area contributed by atoms with Crippen LogP contribution >= 0.6 is 0 Å². The Morgan fingerprint density at radius 1 is 1.10 bits per heavy atom. The van der Waals surface area contributed by atoms with Crippen molar-refractivity contribution in [2.75, 3.05) is 13.2 Å². The maximum absolute atomic E-state index is 12.3. The molecule has 39 heavy (non-hydrogen) atoms. The molecule has 1 spiro atoms. The minimum absolute atomic E-state index is 0.00958. The second-order valence-electron chi connectivity index (χ2n) is 14.8. The van der Waals surface area contributed by atoms with E-state index < -0.39 is 0 Å². The van der Waals surface area contributed by atoms with Gasteiger partial charge in [0, 0.05) is 37.9 Å². The highest BCUT2D eigenvalue weighted by Crippen LogP contribution is 2.64. The van der Waals surface area contributed by atoms with Crippen LogP contribution in [0.4, 0.5) is 0 Å². The van der Waals surface area contributed by atoms with Crippen molar-refractivity contribution in [1.82, 2.24) is 4.90 Å². The van der Waals surface area contributed by atoms with E-state index >= 15 is 0 Å². The van der Waals surface area contributed by atoms with Crippen molar-refractivity contribution in [3.63, 3.8) is 0 Å². The molecule has 0 bridgehead atoms. The number of ether oxygens (including phenoxy) is 1. The van der Waals surface area contributed by atoms with E-state index in [1.807, 2.05) is 0 Å². The molecular weight excluding hydrogens is 478 g/mol. The van der Waals surface area contributed by atoms with Crippen LogP contribution in [0.1, 0.15) is 104 Å². The predicted octanol–water partition coefficient (Wildman–Crippen LogP) is 8.23. The Morgan fingerprint density at radius 2 is 1.90 bits per heavy atom. The van der Waals surface area contributed by atoms with E-state index in [9.17, 15) is 4.79 Å². The highest BCUT2D eigenvalue weighted by Gasteiger charge is 2.58. The van der Waals surface area contributed by atoms with E-state index in [2.05, 4.69) is 69.9 Å². The van der Waals surface area contributed by atoms with Gasteiger partial charge in [-0.05, 0) is 92.4 Å². The summed E-state index contributed by atoms with van der Waals surface area (Å²) in [5.74, 6) is 4.75. The fraction of sp³-hybridized carbons (Fsp3) is 0.750. The van der Waals surface area contributed by atoms with Gasteiger partial charge in [0.25, 0.3) is 0 Å². The molecule has 214 valence electrons. The average molecular weight is 532 g/mol. The van der Waals surface area contributed by atoms with Gasteiger partial charge in [-0.1, -0.05) is 75.6 Å². The molecule has 6 rings (SSSR count). The lowest BCUT2D eigenvalue weighted by atomic mass is 9.52. The Kier molecular flexibility index (Phi) is 7.64. The minimum Gasteiger partial charge on any atom is -0.373 e. The van der Waals surface area contributed by atoms with E-state index in [1.165, 1.54) is 44.1 Å². The zero-order valence-corrected chi connectivity index (χ0v) is 25.4. The number of rotatable bonds is 6. The molecule has 4 aliphatic carbocycles. The maximum Gasteiger partial charge on any atom is 0.133 e. The van der Waals surface area contributed by atoms with Gasteiger partial charge in [-0.3, -0.25) is 9.69 Å². The van der Waals surface area contributed by atoms with Crippen molar-refractivity contribution >= 4 is 5.78 Å². The van der Waals surface area contributed by atoms with E-state index in [1.54, 1.807) is 11.1 Å². The van der Waals surface area contributed by atoms with Gasteiger partial charge >= 0.3 is 0 Å². The fourth-order valence-corrected chi connectivity index (χ4v) is 10.1. The van der Waals surface area contributed by atoms with Crippen LogP contribution in [-0.2, 0) is 16.1 Å². The summed E-state index contributed by atoms with van der Waals surface area (Å²) in [6.45, 7) is 15.3. The van der Waals surface area contributed by atoms with Gasteiger partial charge in [0.15, 0.2) is 0 Å². The lowest BCUT2D eigenvalue weighted by Crippen LogP contribution is -2.46. The van der Waals surface area contributed by atoms with E-state index in [0.29, 0.717) is 35.0 Å². The maximum atomic E-state index is 12.3. The molecule has 4 fully saturated rings. The van der Waals surface area contributed by atoms with Crippen LogP contribution in [-0.4, -0.2) is 35.5 Å². The van der Waals surface area contributed by atoms with Crippen LogP contribution in [0.2, 0.25) is 0 Å². The largest absolute Gasteiger partial charge is 0.373 e. The van der Waals surface area contributed by atoms with E-state index in [4.69, 9.17) is 4.74 Å². The van der Waals surface area contributed by atoms with Crippen molar-refractivity contribution in [2.24, 2.45) is 40.9 Å². The number of carbonyl (C=O) groups excluding carboxylic acids is 1. The normalized spacial score (nSPS) is 40.9. The topological polar surface area (TPSA) is 29.5 Å². The molecule has 0 N–H and O–H groups in total. The molecule has 5 aliphatic rings. The van der Waals surface area contributed by atoms with Crippen molar-refractivity contribution in [3.8, 4) is 0 Å². The van der Waals surface area contributed by atoms with Crippen LogP contribution < -0.4 is 0 Å². The van der Waals surface area contributed by atoms with Crippen LogP contribution in [0, 0.1) is 40.9 Å². The summed E-state index contributed by atoms with van der Waals surface area (Å²) in [6, 6.07) is 11.5. The number of benzene rings is 1. The first-order valence-corrected chi connectivity index (χ1v) is 16.4. The number of ketones is 1. The van der Waals surface area contributed by atoms with Crippen molar-refractivity contribution < 1.29 is 9.53 Å². The molecular formula is C36H53NO2. The highest BCUT2D eigenvalue weighted by atomic mass is 16.5. The third-order valence-corrected chi connectivity index (χ3v) is 12.8. The Morgan fingerprint density at radius 3 is 2.67 bits per heavy atom. The molecule has 3 saturated carbocycles. The third kappa shape index (κ3) is 4.88. The molecule has 1 aromatic rings. The molecule has 9 atom stereocenters. The predicted molar refractivity (Wildman–Crippen MR) is 159 cm³/mol. The van der Waals surface area contributed by atoms with Crippen molar-refractivity contribution in [2.45, 2.75) is 117 Å². The molecule has 1 heterocycles. The Bertz CT molecular complexity index is 1080. The van der Waals surface area contributed by atoms with Gasteiger partial charge in [0.2, 0.25) is 0 Å². The number of fused-ring (bicyclic) bond motifs is 5. The number of nitrogens with zero attached hydrogens (tertiary/aromatic N) is 1. The second-order valence-corrected chi connectivity index (χ2v) is 14.8. The summed E-state index contributed by atoms with van der Waals surface area (Å²) < 4.78 is 7.00. The van der Waals surface area contributed by atoms with E-state index in [-0.39, 0.29) is 5.60 Å². The monoisotopic (exact) mass is 531 g/mol. The summed E-state index contributed by atoms with van der Waals surface area (Å²) in [4.78, 5) is 15.1. The Balaban J connectivity index is 1.22. The number of hydrogen-bond acceptors (Lipinski definition) is 3. The average Bonchev–Trinajstić information content (AvgIpc) is 3.42. The molecule has 1 aliphatic heterocycles. The van der Waals surface area contributed by atoms with E-state index in [0.717, 1.165) is 63.1 Å². The zero-order valence-electron chi connectivity index (χ0n) is 25.4. The first-order chi connectivity index (χ1) is 18.7. The molecule has 0 amide bonds. The van der Waals surface area contributed by atoms with Crippen LogP contribution in [0.3, 0.4) is 0 Å². The van der Waals surface area contributed by atoms with Crippen molar-refractivity contribution in [3.05, 3.63) is 47.0 Å². The SMILES string of the molecule is CC[C@H](C)CN(Cc1ccccc1)[C@@H]1CO[C@]2(CC[C@@H]3C(=C(C)C2)C[C@H]2C3CCC3CC(=O)CC[C@@]32C)[C@@H]1C. The molecule has 3 nitrogen and oxygen atoms in total. The Labute approximate surface area is 238 Å². The summed E-state index contributed by atoms with van der Waals surface area (Å²) in [5, 5.41) is 0. The first kappa shape index (κ1) is 27.7. The molecule has 1 saturated heterocycles. The van der Waals surface area contributed by atoms with Crippen LogP contribution in [0.25, 0.3) is 0 Å². The summed E-state index contributed by atoms with van der Waals surface area (Å²) in [5.41, 5.74) is 5.25. The lowest BCUT2D eigenvalue weighted by Gasteiger charge is -2.52. The van der Waals surface area contributed by atoms with Gasteiger partial charge in [-0.15, -0.1) is 0 Å². The highest BCUT2D eigenvalue weighted by molar-refractivity contribution is 5.79. The minimum atomic E-state index is -0.00958. The van der Waals surface area contributed by atoms with Gasteiger partial charge in [0.05, 0.1) is 12.2 Å². The standard InChI is InChI=1S/C36H53NO2/c1-6-24(2)21-37(22-27-10-8-7-9-11-27)34-23-39-36(26(34)4)17-15-30-31-13-12-28-18-29(38)14-16-35(28,5)33(31)19-32(30)25(3)20-36/h7-11,24,26,28,30-31,33-34H,6,12-23H2,1-5H3/t24-,26+,28?,30-,31?,33-,34+,35-,36-/m0/s1. The van der Waals surface area contributed by atoms with Gasteiger partial charge in [-0.25, -0.2) is 0 Å². The quantitative estimate of drug-likeness (QED) is 0.346. The van der Waals surface area contributed by atoms with Gasteiger partial charge in [0.1, 0.15) is 5.78 Å². The summed E-state index contributed by atoms with van der Waals surface area (Å²) in [7, 11) is 0. The van der Waals surface area contributed by atoms with Gasteiger partial charge < -0.3 is 4.74 Å². The van der Waals surface area contributed by atoms with Gasteiger partial charge in [-0.2, -0.15) is 0 Å². The molecule has 2 unspecified atom stereocenters. The van der Waals surface area contributed by atoms with Crippen LogP contribution in [0.5, 0.6) is 0 Å². The number of Topliss-reactive ketones (excluding diaryl/α,β-unsaturated/α-hetero) is 1.